The van der Waals surface area contributed by atoms with Crippen molar-refractivity contribution in [3.63, 3.8) is 0 Å². The molecule has 0 radical (unpaired) electrons. The van der Waals surface area contributed by atoms with E-state index in [9.17, 15) is 9.90 Å². The van der Waals surface area contributed by atoms with Gasteiger partial charge >= 0.3 is 0 Å². The van der Waals surface area contributed by atoms with E-state index in [1.165, 1.54) is 5.19 Å². The van der Waals surface area contributed by atoms with Crippen LogP contribution in [0, 0.1) is 5.92 Å². The molecule has 3 aliphatic heterocycles. The van der Waals surface area contributed by atoms with Gasteiger partial charge in [0, 0.05) is 55.9 Å². The molecule has 2 amide bonds. The maximum absolute atomic E-state index is 15.3. The second kappa shape index (κ2) is 14.5. The maximum Gasteiger partial charge on any atom is 0.264 e. The largest absolute Gasteiger partial charge is 0.497 e. The predicted molar refractivity (Wildman–Crippen MR) is 202 cm³/mol. The molecule has 4 atom stereocenters. The van der Waals surface area contributed by atoms with Crippen LogP contribution in [0.1, 0.15) is 49.4 Å². The molecule has 1 N–H and O–H groups in total. The first-order chi connectivity index (χ1) is 25.1. The van der Waals surface area contributed by atoms with Crippen LogP contribution in [0.3, 0.4) is 0 Å². The van der Waals surface area contributed by atoms with Gasteiger partial charge in [0.25, 0.3) is 5.91 Å². The standard InChI is InChI=1S/C40H49N5O6Si/c1-27-38(52(4,5)33-15-12-31(49-2)13-16-33)36(18-21-43-26-29(19-22-46)41-42-43)51-40(27)34-24-32(50-3)14-17-35(34)45(39(40)48)25-28-9-8-10-30(23-28)44-20-7-6-11-37(44)47/h8-10,12-17,23-24,26-27,36,38,46H,6-7,11,18-22,25H2,1-5H3/t27-,36+,38-,40+/m0/s1. The summed E-state index contributed by atoms with van der Waals surface area (Å²) in [5.41, 5.74) is 3.00. The molecule has 52 heavy (non-hydrogen) atoms. The van der Waals surface area contributed by atoms with Crippen molar-refractivity contribution in [2.24, 2.45) is 5.92 Å². The van der Waals surface area contributed by atoms with E-state index in [2.05, 4.69) is 42.5 Å². The van der Waals surface area contributed by atoms with Gasteiger partial charge in [-0.2, -0.15) is 0 Å². The summed E-state index contributed by atoms with van der Waals surface area (Å²) in [5, 5.41) is 19.2. The number of hydrogen-bond donors (Lipinski definition) is 1. The molecule has 3 aliphatic rings. The van der Waals surface area contributed by atoms with Crippen LogP contribution >= 0.6 is 0 Å². The second-order valence-corrected chi connectivity index (χ2v) is 19.5. The summed E-state index contributed by atoms with van der Waals surface area (Å²) in [6, 6.07) is 22.2. The number of anilines is 2. The summed E-state index contributed by atoms with van der Waals surface area (Å²) < 4.78 is 20.3. The van der Waals surface area contributed by atoms with Gasteiger partial charge in [-0.1, -0.05) is 54.7 Å². The first kappa shape index (κ1) is 35.9. The Balaban J connectivity index is 1.27. The molecule has 1 aromatic heterocycles. The number of carbonyl (C=O) groups excluding carboxylic acids is 2. The highest BCUT2D eigenvalue weighted by Gasteiger charge is 2.66. The van der Waals surface area contributed by atoms with Gasteiger partial charge in [-0.05, 0) is 72.8 Å². The molecular weight excluding hydrogens is 675 g/mol. The molecule has 4 aromatic rings. The third-order valence-corrected chi connectivity index (χ3v) is 15.9. The fraction of sp³-hybridized carbons (Fsp3) is 0.450. The molecule has 0 aliphatic carbocycles. The summed E-state index contributed by atoms with van der Waals surface area (Å²) in [6.07, 6.45) is 5.14. The Morgan fingerprint density at radius 3 is 2.50 bits per heavy atom. The predicted octanol–water partition coefficient (Wildman–Crippen LogP) is 5.20. The van der Waals surface area contributed by atoms with Crippen LogP contribution in [0.15, 0.2) is 72.9 Å². The Hall–Kier alpha value is -4.52. The lowest BCUT2D eigenvalue weighted by molar-refractivity contribution is -0.146. The van der Waals surface area contributed by atoms with Crippen molar-refractivity contribution < 1.29 is 28.9 Å². The Bertz CT molecular complexity index is 1930. The van der Waals surface area contributed by atoms with Gasteiger partial charge in [0.05, 0.1) is 46.3 Å². The van der Waals surface area contributed by atoms with Crippen LogP contribution in [0.25, 0.3) is 0 Å². The number of aromatic nitrogens is 3. The zero-order chi connectivity index (χ0) is 36.6. The van der Waals surface area contributed by atoms with Gasteiger partial charge in [0.15, 0.2) is 5.60 Å². The van der Waals surface area contributed by atoms with Crippen molar-refractivity contribution in [3.8, 4) is 11.5 Å². The second-order valence-electron chi connectivity index (χ2n) is 14.8. The molecule has 274 valence electrons. The van der Waals surface area contributed by atoms with E-state index in [0.29, 0.717) is 44.6 Å². The Labute approximate surface area is 306 Å². The van der Waals surface area contributed by atoms with Crippen LogP contribution in [-0.4, -0.2) is 73.5 Å². The van der Waals surface area contributed by atoms with Crippen LogP contribution in [0.5, 0.6) is 11.5 Å². The van der Waals surface area contributed by atoms with Crippen LogP contribution in [-0.2, 0) is 39.4 Å². The number of benzene rings is 3. The zero-order valence-corrected chi connectivity index (χ0v) is 31.7. The molecule has 1 spiro atoms. The number of ether oxygens (including phenoxy) is 3. The number of aliphatic hydroxyl groups excluding tert-OH is 1. The monoisotopic (exact) mass is 723 g/mol. The van der Waals surface area contributed by atoms with E-state index in [1.54, 1.807) is 14.2 Å². The highest BCUT2D eigenvalue weighted by molar-refractivity contribution is 6.91. The van der Waals surface area contributed by atoms with Gasteiger partial charge in [-0.15, -0.1) is 5.10 Å². The lowest BCUT2D eigenvalue weighted by Gasteiger charge is -2.37. The lowest BCUT2D eigenvalue weighted by Crippen LogP contribution is -2.51. The summed E-state index contributed by atoms with van der Waals surface area (Å²) in [6.45, 7) is 8.54. The molecule has 7 rings (SSSR count). The van der Waals surface area contributed by atoms with Crippen molar-refractivity contribution in [2.45, 2.75) is 82.5 Å². The third-order valence-electron chi connectivity index (χ3n) is 11.5. The fourth-order valence-corrected chi connectivity index (χ4v) is 12.9. The van der Waals surface area contributed by atoms with Crippen molar-refractivity contribution in [1.29, 1.82) is 0 Å². The molecule has 11 nitrogen and oxygen atoms in total. The average molecular weight is 724 g/mol. The fourth-order valence-electron chi connectivity index (χ4n) is 8.87. The molecule has 12 heteroatoms. The van der Waals surface area contributed by atoms with Gasteiger partial charge in [-0.25, -0.2) is 0 Å². The summed E-state index contributed by atoms with van der Waals surface area (Å²) in [5.74, 6) is 1.35. The minimum absolute atomic E-state index is 0.0103. The highest BCUT2D eigenvalue weighted by atomic mass is 28.3. The van der Waals surface area contributed by atoms with Gasteiger partial charge in [0.1, 0.15) is 11.5 Å². The molecular formula is C40H49N5O6Si. The summed E-state index contributed by atoms with van der Waals surface area (Å²) >= 11 is 0. The van der Waals surface area contributed by atoms with E-state index in [-0.39, 0.29) is 36.0 Å². The van der Waals surface area contributed by atoms with Crippen LogP contribution in [0.4, 0.5) is 11.4 Å². The van der Waals surface area contributed by atoms with E-state index in [1.807, 2.05) is 75.3 Å². The number of aryl methyl sites for hydroxylation is 1. The number of methoxy groups -OCH3 is 2. The molecule has 3 aromatic carbocycles. The van der Waals surface area contributed by atoms with Crippen LogP contribution < -0.4 is 24.5 Å². The van der Waals surface area contributed by atoms with E-state index < -0.39 is 13.7 Å². The Morgan fingerprint density at radius 1 is 1.00 bits per heavy atom. The Kier molecular flexibility index (Phi) is 9.99. The van der Waals surface area contributed by atoms with E-state index in [4.69, 9.17) is 14.2 Å². The molecule has 0 unspecified atom stereocenters. The van der Waals surface area contributed by atoms with Crippen LogP contribution in [0.2, 0.25) is 18.6 Å². The van der Waals surface area contributed by atoms with Crippen molar-refractivity contribution in [2.75, 3.05) is 37.2 Å². The number of amides is 2. The number of carbonyl (C=O) groups is 2. The van der Waals surface area contributed by atoms with E-state index >= 15 is 4.79 Å². The lowest BCUT2D eigenvalue weighted by atomic mass is 9.82. The number of fused-ring (bicyclic) bond motifs is 2. The number of hydrogen-bond acceptors (Lipinski definition) is 8. The molecule has 4 heterocycles. The number of nitrogens with zero attached hydrogens (tertiary/aromatic N) is 5. The smallest absolute Gasteiger partial charge is 0.264 e. The molecule has 0 bridgehead atoms. The van der Waals surface area contributed by atoms with Crippen molar-refractivity contribution in [3.05, 3.63) is 89.7 Å². The topological polar surface area (TPSA) is 119 Å². The summed E-state index contributed by atoms with van der Waals surface area (Å²) in [4.78, 5) is 31.8. The molecule has 2 saturated heterocycles. The highest BCUT2D eigenvalue weighted by Crippen LogP contribution is 2.60. The third kappa shape index (κ3) is 6.30. The molecule has 0 saturated carbocycles. The molecule has 2 fully saturated rings. The number of rotatable bonds is 12. The SMILES string of the molecule is COc1ccc([Si](C)(C)[C@@H]2[C@@H](CCn3cc(CCO)nn3)O[C@]3(C(=O)N(Cc4cccc(N5CCCCC5=O)c4)c4ccc(OC)cc43)[C@H]2C)cc1. The normalized spacial score (nSPS) is 23.1. The maximum atomic E-state index is 15.3. The minimum Gasteiger partial charge on any atom is -0.497 e. The van der Waals surface area contributed by atoms with Crippen molar-refractivity contribution >= 4 is 36.4 Å². The first-order valence-corrected chi connectivity index (χ1v) is 21.4. The van der Waals surface area contributed by atoms with Gasteiger partial charge < -0.3 is 29.1 Å². The number of aliphatic hydroxyl groups is 1. The van der Waals surface area contributed by atoms with E-state index in [0.717, 1.165) is 46.8 Å². The average Bonchev–Trinajstić information content (AvgIpc) is 3.80. The first-order valence-electron chi connectivity index (χ1n) is 18.3. The number of piperidine rings is 1. The quantitative estimate of drug-likeness (QED) is 0.198. The van der Waals surface area contributed by atoms with Gasteiger partial charge in [-0.3, -0.25) is 14.3 Å². The Morgan fingerprint density at radius 2 is 1.77 bits per heavy atom. The minimum atomic E-state index is -2.35. The summed E-state index contributed by atoms with van der Waals surface area (Å²) in [7, 11) is 0.968. The van der Waals surface area contributed by atoms with Gasteiger partial charge in [0.2, 0.25) is 5.91 Å². The van der Waals surface area contributed by atoms with Crippen molar-refractivity contribution in [1.82, 2.24) is 15.0 Å². The zero-order valence-electron chi connectivity index (χ0n) is 30.7.